The summed E-state index contributed by atoms with van der Waals surface area (Å²) >= 11 is 0. The monoisotopic (exact) mass is 252 g/mol. The smallest absolute Gasteiger partial charge is 0.162 e. The van der Waals surface area contributed by atoms with E-state index in [1.54, 1.807) is 0 Å². The average molecular weight is 252 g/mol. The molecule has 1 saturated heterocycles. The molecule has 102 valence electrons. The van der Waals surface area contributed by atoms with Crippen molar-refractivity contribution in [2.75, 3.05) is 6.61 Å². The van der Waals surface area contributed by atoms with Crippen LogP contribution in [0.3, 0.4) is 0 Å². The Morgan fingerprint density at radius 1 is 1.28 bits per heavy atom. The molecule has 2 fully saturated rings. The summed E-state index contributed by atoms with van der Waals surface area (Å²) < 4.78 is 5.43. The van der Waals surface area contributed by atoms with Gasteiger partial charge in [-0.3, -0.25) is 0 Å². The first kappa shape index (κ1) is 12.6. The average Bonchev–Trinajstić information content (AvgIpc) is 2.68. The van der Waals surface area contributed by atoms with Gasteiger partial charge in [0.05, 0.1) is 12.7 Å². The molecule has 3 aliphatic rings. The number of fused-ring (bicyclic) bond motifs is 3. The van der Waals surface area contributed by atoms with Gasteiger partial charge in [0.15, 0.2) is 6.29 Å². The van der Waals surface area contributed by atoms with E-state index in [1.165, 1.54) is 5.57 Å². The lowest BCUT2D eigenvalue weighted by atomic mass is 9.48. The van der Waals surface area contributed by atoms with E-state index in [0.29, 0.717) is 12.5 Å². The minimum Gasteiger partial charge on any atom is -0.393 e. The van der Waals surface area contributed by atoms with Crippen LogP contribution in [0.1, 0.15) is 40.0 Å². The summed E-state index contributed by atoms with van der Waals surface area (Å²) in [4.78, 5) is 0. The van der Waals surface area contributed by atoms with Crippen LogP contribution in [0.25, 0.3) is 0 Å². The van der Waals surface area contributed by atoms with Gasteiger partial charge in [-0.25, -0.2) is 0 Å². The van der Waals surface area contributed by atoms with Gasteiger partial charge in [-0.1, -0.05) is 26.8 Å². The summed E-state index contributed by atoms with van der Waals surface area (Å²) in [6.45, 7) is 7.19. The van der Waals surface area contributed by atoms with Crippen molar-refractivity contribution in [1.82, 2.24) is 0 Å². The van der Waals surface area contributed by atoms with Crippen molar-refractivity contribution < 1.29 is 14.9 Å². The summed E-state index contributed by atoms with van der Waals surface area (Å²) in [6.07, 6.45) is 4.16. The van der Waals surface area contributed by atoms with Crippen molar-refractivity contribution in [3.8, 4) is 0 Å². The van der Waals surface area contributed by atoms with E-state index in [4.69, 9.17) is 4.74 Å². The Morgan fingerprint density at radius 2 is 2.00 bits per heavy atom. The summed E-state index contributed by atoms with van der Waals surface area (Å²) in [6, 6.07) is 0. The fourth-order valence-corrected chi connectivity index (χ4v) is 4.78. The van der Waals surface area contributed by atoms with Crippen LogP contribution in [0.5, 0.6) is 0 Å². The quantitative estimate of drug-likeness (QED) is 0.649. The first-order valence-electron chi connectivity index (χ1n) is 7.04. The van der Waals surface area contributed by atoms with E-state index in [1.807, 2.05) is 0 Å². The number of rotatable bonds is 0. The van der Waals surface area contributed by atoms with Gasteiger partial charge < -0.3 is 14.9 Å². The summed E-state index contributed by atoms with van der Waals surface area (Å²) in [5, 5.41) is 20.4. The highest BCUT2D eigenvalue weighted by Gasteiger charge is 2.58. The molecule has 2 aliphatic carbocycles. The molecule has 0 aromatic rings. The number of aliphatic hydroxyl groups is 2. The molecule has 0 aromatic carbocycles. The molecule has 2 N–H and O–H groups in total. The Morgan fingerprint density at radius 3 is 2.72 bits per heavy atom. The van der Waals surface area contributed by atoms with Crippen LogP contribution in [-0.2, 0) is 4.74 Å². The van der Waals surface area contributed by atoms with Gasteiger partial charge in [-0.05, 0) is 41.6 Å². The molecular formula is C15H24O3. The second kappa shape index (κ2) is 3.81. The maximum Gasteiger partial charge on any atom is 0.162 e. The highest BCUT2D eigenvalue weighted by Crippen LogP contribution is 2.61. The normalized spacial score (nSPS) is 50.4. The largest absolute Gasteiger partial charge is 0.393 e. The van der Waals surface area contributed by atoms with Crippen molar-refractivity contribution >= 4 is 0 Å². The third kappa shape index (κ3) is 1.47. The Balaban J connectivity index is 2.03. The van der Waals surface area contributed by atoms with Crippen LogP contribution >= 0.6 is 0 Å². The van der Waals surface area contributed by atoms with Crippen LogP contribution in [0.15, 0.2) is 11.6 Å². The van der Waals surface area contributed by atoms with Gasteiger partial charge in [0.1, 0.15) is 0 Å². The van der Waals surface area contributed by atoms with Gasteiger partial charge in [-0.15, -0.1) is 0 Å². The summed E-state index contributed by atoms with van der Waals surface area (Å²) in [5.41, 5.74) is 1.24. The van der Waals surface area contributed by atoms with Crippen LogP contribution in [-0.4, -0.2) is 29.2 Å². The Kier molecular flexibility index (Phi) is 2.68. The third-order valence-electron chi connectivity index (χ3n) is 5.94. The van der Waals surface area contributed by atoms with Crippen LogP contribution < -0.4 is 0 Å². The molecule has 1 saturated carbocycles. The maximum atomic E-state index is 10.3. The fraction of sp³-hybridized carbons (Fsp3) is 0.867. The first-order chi connectivity index (χ1) is 8.37. The van der Waals surface area contributed by atoms with Crippen LogP contribution in [0.2, 0.25) is 0 Å². The predicted molar refractivity (Wildman–Crippen MR) is 68.8 cm³/mol. The molecular weight excluding hydrogens is 228 g/mol. The lowest BCUT2D eigenvalue weighted by Crippen LogP contribution is -2.55. The van der Waals surface area contributed by atoms with Crippen molar-refractivity contribution in [3.63, 3.8) is 0 Å². The van der Waals surface area contributed by atoms with Gasteiger partial charge in [-0.2, -0.15) is 0 Å². The van der Waals surface area contributed by atoms with Crippen molar-refractivity contribution in [2.45, 2.75) is 52.4 Å². The molecule has 3 nitrogen and oxygen atoms in total. The molecule has 0 spiro atoms. The van der Waals surface area contributed by atoms with Crippen LogP contribution in [0.4, 0.5) is 0 Å². The molecule has 0 bridgehead atoms. The highest BCUT2D eigenvalue weighted by atomic mass is 16.6. The number of aliphatic hydroxyl groups excluding tert-OH is 2. The number of allylic oxidation sites excluding steroid dienone is 1. The van der Waals surface area contributed by atoms with Crippen molar-refractivity contribution in [3.05, 3.63) is 11.6 Å². The van der Waals surface area contributed by atoms with E-state index in [0.717, 1.165) is 19.3 Å². The minimum atomic E-state index is -0.657. The fourth-order valence-electron chi connectivity index (χ4n) is 4.78. The van der Waals surface area contributed by atoms with Gasteiger partial charge in [0.2, 0.25) is 0 Å². The highest BCUT2D eigenvalue weighted by molar-refractivity contribution is 5.24. The SMILES string of the molecule is CC1(C)[C@@H](O)CC[C@]2(C)[C@@H]3C(=CC[C@@H]12)CO[C@H]3O. The number of hydrogen-bond acceptors (Lipinski definition) is 3. The molecule has 0 unspecified atom stereocenters. The standard InChI is InChI=1S/C15H24O3/c1-14(2)10-5-4-9-8-18-13(17)12(9)15(10,3)7-6-11(14)16/h4,10-13,16-17H,5-8H2,1-3H3/t10-,11-,12+,13+,15-/m0/s1. The van der Waals surface area contributed by atoms with Crippen molar-refractivity contribution in [1.29, 1.82) is 0 Å². The van der Waals surface area contributed by atoms with E-state index in [2.05, 4.69) is 26.8 Å². The molecule has 3 heteroatoms. The molecule has 3 rings (SSSR count). The first-order valence-corrected chi connectivity index (χ1v) is 7.04. The minimum absolute atomic E-state index is 0.0583. The Bertz CT molecular complexity index is 387. The summed E-state index contributed by atoms with van der Waals surface area (Å²) in [5.74, 6) is 0.543. The molecule has 0 amide bonds. The Labute approximate surface area is 109 Å². The molecule has 18 heavy (non-hydrogen) atoms. The van der Waals surface area contributed by atoms with E-state index >= 15 is 0 Å². The number of ether oxygens (including phenoxy) is 1. The predicted octanol–water partition coefficient (Wildman–Crippen LogP) is 2.08. The van der Waals surface area contributed by atoms with E-state index in [9.17, 15) is 10.2 Å². The molecule has 0 aromatic heterocycles. The van der Waals surface area contributed by atoms with Gasteiger partial charge in [0.25, 0.3) is 0 Å². The zero-order valence-corrected chi connectivity index (χ0v) is 11.5. The van der Waals surface area contributed by atoms with Crippen LogP contribution in [0, 0.1) is 22.7 Å². The lowest BCUT2D eigenvalue weighted by Gasteiger charge is -2.57. The topological polar surface area (TPSA) is 49.7 Å². The molecule has 1 aliphatic heterocycles. The van der Waals surface area contributed by atoms with Gasteiger partial charge in [0, 0.05) is 5.92 Å². The Hall–Kier alpha value is -0.380. The number of hydrogen-bond donors (Lipinski definition) is 2. The molecule has 1 heterocycles. The molecule has 5 atom stereocenters. The zero-order chi connectivity index (χ0) is 13.1. The second-order valence-electron chi connectivity index (χ2n) is 7.13. The lowest BCUT2D eigenvalue weighted by molar-refractivity contribution is -0.163. The zero-order valence-electron chi connectivity index (χ0n) is 11.5. The van der Waals surface area contributed by atoms with E-state index in [-0.39, 0.29) is 22.9 Å². The van der Waals surface area contributed by atoms with Crippen molar-refractivity contribution in [2.24, 2.45) is 22.7 Å². The second-order valence-corrected chi connectivity index (χ2v) is 7.13. The summed E-state index contributed by atoms with van der Waals surface area (Å²) in [7, 11) is 0. The third-order valence-corrected chi connectivity index (χ3v) is 5.94. The maximum absolute atomic E-state index is 10.3. The molecule has 0 radical (unpaired) electrons. The van der Waals surface area contributed by atoms with E-state index < -0.39 is 6.29 Å². The van der Waals surface area contributed by atoms with Gasteiger partial charge >= 0.3 is 0 Å².